The van der Waals surface area contributed by atoms with Crippen LogP contribution in [0.4, 0.5) is 0 Å². The highest BCUT2D eigenvalue weighted by molar-refractivity contribution is 5.21. The molecular weight excluding hydrogens is 244 g/mol. The predicted molar refractivity (Wildman–Crippen MR) is 84.8 cm³/mol. The molecule has 0 aromatic heterocycles. The van der Waals surface area contributed by atoms with E-state index in [9.17, 15) is 0 Å². The van der Waals surface area contributed by atoms with Crippen molar-refractivity contribution in [2.75, 3.05) is 19.6 Å². The molecule has 0 radical (unpaired) electrons. The van der Waals surface area contributed by atoms with Crippen LogP contribution in [0.5, 0.6) is 0 Å². The second-order valence-corrected chi connectivity index (χ2v) is 6.95. The second-order valence-electron chi connectivity index (χ2n) is 6.95. The zero-order valence-corrected chi connectivity index (χ0v) is 12.7. The molecular formula is C18H28N2. The molecule has 110 valence electrons. The molecule has 2 fully saturated rings. The summed E-state index contributed by atoms with van der Waals surface area (Å²) in [6.07, 6.45) is 6.59. The lowest BCUT2D eigenvalue weighted by molar-refractivity contribution is 0.0649. The van der Waals surface area contributed by atoms with Gasteiger partial charge in [-0.3, -0.25) is 4.90 Å². The molecule has 0 spiro atoms. The first-order chi connectivity index (χ1) is 9.73. The first kappa shape index (κ1) is 14.1. The lowest BCUT2D eigenvalue weighted by atomic mass is 9.76. The molecule has 0 amide bonds. The predicted octanol–water partition coefficient (Wildman–Crippen LogP) is 3.38. The van der Waals surface area contributed by atoms with Gasteiger partial charge in [0.1, 0.15) is 0 Å². The zero-order valence-electron chi connectivity index (χ0n) is 12.7. The number of rotatable bonds is 3. The van der Waals surface area contributed by atoms with Gasteiger partial charge in [-0.25, -0.2) is 0 Å². The van der Waals surface area contributed by atoms with Gasteiger partial charge in [-0.05, 0) is 56.0 Å². The molecule has 2 aliphatic rings. The molecule has 1 saturated heterocycles. The smallest absolute Gasteiger partial charge is 0.0332 e. The summed E-state index contributed by atoms with van der Waals surface area (Å²) in [6.45, 7) is 5.65. The minimum absolute atomic E-state index is 0.302. The topological polar surface area (TPSA) is 29.3 Å². The Hall–Kier alpha value is -0.860. The monoisotopic (exact) mass is 272 g/mol. The summed E-state index contributed by atoms with van der Waals surface area (Å²) >= 11 is 0. The number of hydrogen-bond acceptors (Lipinski definition) is 2. The summed E-state index contributed by atoms with van der Waals surface area (Å²) in [5.74, 6) is 1.60. The largest absolute Gasteiger partial charge is 0.329 e. The Morgan fingerprint density at radius 2 is 1.85 bits per heavy atom. The van der Waals surface area contributed by atoms with Gasteiger partial charge in [0.05, 0.1) is 0 Å². The normalized spacial score (nSPS) is 35.3. The minimum atomic E-state index is 0.302. The number of benzene rings is 1. The van der Waals surface area contributed by atoms with Crippen LogP contribution in [-0.2, 0) is 0 Å². The van der Waals surface area contributed by atoms with Gasteiger partial charge in [0.2, 0.25) is 0 Å². The summed E-state index contributed by atoms with van der Waals surface area (Å²) < 4.78 is 0. The third-order valence-electron chi connectivity index (χ3n) is 5.71. The molecule has 1 saturated carbocycles. The molecule has 2 heteroatoms. The van der Waals surface area contributed by atoms with Crippen molar-refractivity contribution in [1.29, 1.82) is 0 Å². The van der Waals surface area contributed by atoms with E-state index in [-0.39, 0.29) is 0 Å². The molecule has 1 heterocycles. The van der Waals surface area contributed by atoms with Crippen molar-refractivity contribution in [3.05, 3.63) is 35.9 Å². The molecule has 1 aliphatic carbocycles. The van der Waals surface area contributed by atoms with E-state index in [1.807, 2.05) is 0 Å². The van der Waals surface area contributed by atoms with Crippen molar-refractivity contribution >= 4 is 0 Å². The Morgan fingerprint density at radius 3 is 2.50 bits per heavy atom. The fourth-order valence-electron chi connectivity index (χ4n) is 4.14. The van der Waals surface area contributed by atoms with Crippen molar-refractivity contribution in [2.45, 2.75) is 50.5 Å². The standard InChI is InChI=1S/C18H28N2/c1-15-7-10-18(14-19,11-8-15)20-12-9-17(13-20)16-5-3-2-4-6-16/h2-6,15,17H,7-14,19H2,1H3. The van der Waals surface area contributed by atoms with Gasteiger partial charge in [0, 0.05) is 18.6 Å². The second kappa shape index (κ2) is 5.87. The maximum Gasteiger partial charge on any atom is 0.0332 e. The van der Waals surface area contributed by atoms with E-state index in [1.54, 1.807) is 0 Å². The van der Waals surface area contributed by atoms with Gasteiger partial charge in [-0.2, -0.15) is 0 Å². The van der Waals surface area contributed by atoms with Crippen molar-refractivity contribution in [3.8, 4) is 0 Å². The van der Waals surface area contributed by atoms with Crippen LogP contribution in [0.25, 0.3) is 0 Å². The summed E-state index contributed by atoms with van der Waals surface area (Å²) in [5.41, 5.74) is 8.01. The highest BCUT2D eigenvalue weighted by atomic mass is 15.2. The summed E-state index contributed by atoms with van der Waals surface area (Å²) in [7, 11) is 0. The average Bonchev–Trinajstić information content (AvgIpc) is 3.00. The molecule has 2 nitrogen and oxygen atoms in total. The first-order valence-electron chi connectivity index (χ1n) is 8.23. The summed E-state index contributed by atoms with van der Waals surface area (Å²) in [4.78, 5) is 2.72. The molecule has 20 heavy (non-hydrogen) atoms. The minimum Gasteiger partial charge on any atom is -0.329 e. The van der Waals surface area contributed by atoms with Gasteiger partial charge in [-0.15, -0.1) is 0 Å². The van der Waals surface area contributed by atoms with E-state index < -0.39 is 0 Å². The first-order valence-corrected chi connectivity index (χ1v) is 8.23. The van der Waals surface area contributed by atoms with Crippen molar-refractivity contribution in [2.24, 2.45) is 11.7 Å². The van der Waals surface area contributed by atoms with Crippen LogP contribution in [-0.4, -0.2) is 30.1 Å². The highest BCUT2D eigenvalue weighted by Crippen LogP contribution is 2.40. The van der Waals surface area contributed by atoms with Crippen LogP contribution in [0.3, 0.4) is 0 Å². The van der Waals surface area contributed by atoms with E-state index in [0.717, 1.165) is 12.5 Å². The third kappa shape index (κ3) is 2.64. The molecule has 1 aliphatic heterocycles. The number of nitrogens with two attached hydrogens (primary N) is 1. The van der Waals surface area contributed by atoms with Crippen LogP contribution in [0.2, 0.25) is 0 Å². The zero-order chi connectivity index (χ0) is 14.0. The summed E-state index contributed by atoms with van der Waals surface area (Å²) in [5, 5.41) is 0. The number of likely N-dealkylation sites (tertiary alicyclic amines) is 1. The van der Waals surface area contributed by atoms with E-state index >= 15 is 0 Å². The Labute approximate surface area is 123 Å². The molecule has 0 bridgehead atoms. The van der Waals surface area contributed by atoms with Gasteiger partial charge >= 0.3 is 0 Å². The fraction of sp³-hybridized carbons (Fsp3) is 0.667. The van der Waals surface area contributed by atoms with Crippen molar-refractivity contribution in [3.63, 3.8) is 0 Å². The molecule has 1 aromatic rings. The van der Waals surface area contributed by atoms with Crippen LogP contribution in [0, 0.1) is 5.92 Å². The SMILES string of the molecule is CC1CCC(CN)(N2CCC(c3ccccc3)C2)CC1. The molecule has 1 atom stereocenters. The Kier molecular flexibility index (Phi) is 4.13. The van der Waals surface area contributed by atoms with Gasteiger partial charge in [0.15, 0.2) is 0 Å². The molecule has 1 aromatic carbocycles. The van der Waals surface area contributed by atoms with Gasteiger partial charge < -0.3 is 5.73 Å². The van der Waals surface area contributed by atoms with Gasteiger partial charge in [0.25, 0.3) is 0 Å². The lowest BCUT2D eigenvalue weighted by Gasteiger charge is -2.45. The van der Waals surface area contributed by atoms with Gasteiger partial charge in [-0.1, -0.05) is 37.3 Å². The Balaban J connectivity index is 1.69. The van der Waals surface area contributed by atoms with E-state index in [2.05, 4.69) is 42.2 Å². The van der Waals surface area contributed by atoms with E-state index in [0.29, 0.717) is 11.5 Å². The Bertz CT molecular complexity index is 420. The van der Waals surface area contributed by atoms with Crippen LogP contribution >= 0.6 is 0 Å². The molecule has 1 unspecified atom stereocenters. The van der Waals surface area contributed by atoms with Crippen LogP contribution < -0.4 is 5.73 Å². The molecule has 3 rings (SSSR count). The average molecular weight is 272 g/mol. The number of nitrogens with zero attached hydrogens (tertiary/aromatic N) is 1. The maximum atomic E-state index is 6.21. The van der Waals surface area contributed by atoms with E-state index in [4.69, 9.17) is 5.73 Å². The maximum absolute atomic E-state index is 6.21. The highest BCUT2D eigenvalue weighted by Gasteiger charge is 2.41. The lowest BCUT2D eigenvalue weighted by Crippen LogP contribution is -2.54. The number of hydrogen-bond donors (Lipinski definition) is 1. The fourth-order valence-corrected chi connectivity index (χ4v) is 4.14. The third-order valence-corrected chi connectivity index (χ3v) is 5.71. The van der Waals surface area contributed by atoms with Crippen LogP contribution in [0.1, 0.15) is 50.5 Å². The summed E-state index contributed by atoms with van der Waals surface area (Å²) in [6, 6.07) is 11.0. The van der Waals surface area contributed by atoms with Crippen LogP contribution in [0.15, 0.2) is 30.3 Å². The Morgan fingerprint density at radius 1 is 1.15 bits per heavy atom. The quantitative estimate of drug-likeness (QED) is 0.914. The van der Waals surface area contributed by atoms with Crippen molar-refractivity contribution < 1.29 is 0 Å². The van der Waals surface area contributed by atoms with Crippen molar-refractivity contribution in [1.82, 2.24) is 4.90 Å². The van der Waals surface area contributed by atoms with E-state index in [1.165, 1.54) is 50.8 Å². The molecule has 2 N–H and O–H groups in total.